The minimum Gasteiger partial charge on any atom is -0.405 e. The number of alkyl halides is 3. The van der Waals surface area contributed by atoms with Crippen LogP contribution in [0, 0.1) is 5.82 Å². The van der Waals surface area contributed by atoms with Crippen LogP contribution < -0.4 is 20.4 Å². The monoisotopic (exact) mass is 620 g/mol. The number of halogens is 4. The number of aromatic nitrogens is 1. The number of anilines is 1. The number of hydroxylamine groups is 1. The number of hydrogen-bond acceptors (Lipinski definition) is 8. The molecule has 1 saturated carbocycles. The van der Waals surface area contributed by atoms with E-state index in [9.17, 15) is 18.0 Å². The van der Waals surface area contributed by atoms with Crippen LogP contribution in [0.4, 0.5) is 23.2 Å². The van der Waals surface area contributed by atoms with Gasteiger partial charge in [0.2, 0.25) is 6.41 Å². The first kappa shape index (κ1) is 31.7. The summed E-state index contributed by atoms with van der Waals surface area (Å²) in [6.07, 6.45) is -0.394. The van der Waals surface area contributed by atoms with E-state index in [4.69, 9.17) is 14.1 Å². The molecule has 3 atom stereocenters. The Balaban J connectivity index is 1.31. The molecule has 2 aromatic carbocycles. The van der Waals surface area contributed by atoms with E-state index in [-0.39, 0.29) is 47.2 Å². The molecule has 3 unspecified atom stereocenters. The van der Waals surface area contributed by atoms with E-state index in [1.54, 1.807) is 12.1 Å². The maximum atomic E-state index is 15.2. The van der Waals surface area contributed by atoms with Gasteiger partial charge in [0.05, 0.1) is 19.8 Å². The van der Waals surface area contributed by atoms with Gasteiger partial charge in [-0.2, -0.15) is 5.48 Å². The molecule has 1 aliphatic heterocycles. The molecule has 0 bridgehead atoms. The summed E-state index contributed by atoms with van der Waals surface area (Å²) in [5.41, 5.74) is 4.65. The molecule has 1 saturated heterocycles. The predicted octanol–water partition coefficient (Wildman–Crippen LogP) is 6.51. The molecule has 0 spiro atoms. The Morgan fingerprint density at radius 2 is 1.98 bits per heavy atom. The SMILES string of the molecule is CCCC1CC(OCc2c(-c3ccccc3OC(F)(F)F)noc2C2CC2)CCN1c1ccc(C(NC=O)NOC)c(F)c1. The molecule has 13 heteroatoms. The molecule has 5 rings (SSSR count). The smallest absolute Gasteiger partial charge is 0.405 e. The summed E-state index contributed by atoms with van der Waals surface area (Å²) in [4.78, 5) is 18.0. The lowest BCUT2D eigenvalue weighted by atomic mass is 9.94. The van der Waals surface area contributed by atoms with Crippen molar-refractivity contribution in [1.29, 1.82) is 0 Å². The van der Waals surface area contributed by atoms with Crippen molar-refractivity contribution in [3.05, 3.63) is 65.2 Å². The van der Waals surface area contributed by atoms with Gasteiger partial charge in [0, 0.05) is 40.9 Å². The number of carbonyl (C=O) groups is 1. The van der Waals surface area contributed by atoms with Crippen LogP contribution in [0.3, 0.4) is 0 Å². The molecule has 1 aromatic heterocycles. The van der Waals surface area contributed by atoms with Gasteiger partial charge in [0.1, 0.15) is 29.2 Å². The first-order valence-electron chi connectivity index (χ1n) is 14.7. The topological polar surface area (TPSA) is 98.1 Å². The Bertz CT molecular complexity index is 1410. The third-order valence-electron chi connectivity index (χ3n) is 7.98. The highest BCUT2D eigenvalue weighted by Gasteiger charge is 2.36. The highest BCUT2D eigenvalue weighted by atomic mass is 19.4. The van der Waals surface area contributed by atoms with Crippen LogP contribution in [0.5, 0.6) is 5.75 Å². The molecule has 44 heavy (non-hydrogen) atoms. The standard InChI is InChI=1S/C31H36F4N4O5/c1-3-6-20-15-22(13-14-39(20)21-11-12-23(26(32)16-21)30(36-18-40)38-41-2)42-17-25-28(37-44-29(25)19-9-10-19)24-7-4-5-8-27(24)43-31(33,34)35/h4-5,7-8,11-12,16,18-20,22,30,38H,3,6,9-10,13-15,17H2,1-2H3,(H,36,40). The van der Waals surface area contributed by atoms with Crippen molar-refractivity contribution >= 4 is 12.1 Å². The van der Waals surface area contributed by atoms with Gasteiger partial charge in [-0.05, 0) is 56.4 Å². The molecule has 2 aliphatic rings. The van der Waals surface area contributed by atoms with Gasteiger partial charge < -0.3 is 29.1 Å². The van der Waals surface area contributed by atoms with E-state index in [1.807, 2.05) is 6.07 Å². The first-order chi connectivity index (χ1) is 21.2. The average Bonchev–Trinajstić information content (AvgIpc) is 3.75. The Labute approximate surface area is 252 Å². The van der Waals surface area contributed by atoms with E-state index in [0.717, 1.165) is 31.4 Å². The number of nitrogens with one attached hydrogen (secondary N) is 2. The maximum Gasteiger partial charge on any atom is 0.573 e. The fourth-order valence-corrected chi connectivity index (χ4v) is 5.83. The second-order valence-corrected chi connectivity index (χ2v) is 11.0. The van der Waals surface area contributed by atoms with Crippen molar-refractivity contribution in [1.82, 2.24) is 16.0 Å². The Hall–Kier alpha value is -3.68. The summed E-state index contributed by atoms with van der Waals surface area (Å²) in [5, 5.41) is 6.65. The van der Waals surface area contributed by atoms with E-state index in [2.05, 4.69) is 32.5 Å². The number of carbonyl (C=O) groups excluding carboxylic acids is 1. The molecular formula is C31H36F4N4O5. The first-order valence-corrected chi connectivity index (χ1v) is 14.7. The summed E-state index contributed by atoms with van der Waals surface area (Å²) < 4.78 is 70.9. The van der Waals surface area contributed by atoms with Gasteiger partial charge in [-0.15, -0.1) is 13.2 Å². The van der Waals surface area contributed by atoms with E-state index in [1.165, 1.54) is 31.4 Å². The number of para-hydroxylation sites is 1. The molecule has 2 heterocycles. The molecule has 0 radical (unpaired) electrons. The zero-order valence-electron chi connectivity index (χ0n) is 24.5. The number of benzene rings is 2. The summed E-state index contributed by atoms with van der Waals surface area (Å²) in [6, 6.07) is 10.9. The van der Waals surface area contributed by atoms with Crippen LogP contribution in [-0.4, -0.2) is 43.7 Å². The zero-order chi connectivity index (χ0) is 31.3. The molecule has 2 fully saturated rings. The second kappa shape index (κ2) is 14.0. The Morgan fingerprint density at radius 3 is 2.66 bits per heavy atom. The lowest BCUT2D eigenvalue weighted by Gasteiger charge is -2.41. The average molecular weight is 621 g/mol. The molecule has 2 N–H and O–H groups in total. The number of hydrogen-bond donors (Lipinski definition) is 2. The van der Waals surface area contributed by atoms with Crippen LogP contribution in [0.1, 0.15) is 74.4 Å². The summed E-state index contributed by atoms with van der Waals surface area (Å²) in [7, 11) is 1.38. The Morgan fingerprint density at radius 1 is 1.18 bits per heavy atom. The molecule has 3 aromatic rings. The van der Waals surface area contributed by atoms with Gasteiger partial charge in [-0.25, -0.2) is 4.39 Å². The van der Waals surface area contributed by atoms with Crippen molar-refractivity contribution < 1.29 is 41.2 Å². The van der Waals surface area contributed by atoms with Crippen LogP contribution in [0.15, 0.2) is 47.0 Å². The predicted molar refractivity (Wildman–Crippen MR) is 153 cm³/mol. The lowest BCUT2D eigenvalue weighted by molar-refractivity contribution is -0.274. The van der Waals surface area contributed by atoms with Gasteiger partial charge in [-0.3, -0.25) is 4.79 Å². The van der Waals surface area contributed by atoms with E-state index in [0.29, 0.717) is 37.1 Å². The van der Waals surface area contributed by atoms with Gasteiger partial charge >= 0.3 is 6.36 Å². The summed E-state index contributed by atoms with van der Waals surface area (Å²) >= 11 is 0. The van der Waals surface area contributed by atoms with Crippen molar-refractivity contribution in [3.63, 3.8) is 0 Å². The molecule has 1 amide bonds. The molecule has 1 aliphatic carbocycles. The fraction of sp³-hybridized carbons (Fsp3) is 0.484. The maximum absolute atomic E-state index is 15.2. The minimum absolute atomic E-state index is 0.0794. The normalized spacial score (nSPS) is 19.5. The fourth-order valence-electron chi connectivity index (χ4n) is 5.83. The third-order valence-corrected chi connectivity index (χ3v) is 7.98. The minimum atomic E-state index is -4.85. The largest absolute Gasteiger partial charge is 0.573 e. The van der Waals surface area contributed by atoms with Crippen molar-refractivity contribution in [3.8, 4) is 17.0 Å². The Kier molecular flexibility index (Phi) is 10.1. The van der Waals surface area contributed by atoms with Crippen molar-refractivity contribution in [2.24, 2.45) is 0 Å². The summed E-state index contributed by atoms with van der Waals surface area (Å²) in [5.74, 6) is -0.0242. The van der Waals surface area contributed by atoms with Gasteiger partial charge in [0.15, 0.2) is 0 Å². The number of amides is 1. The van der Waals surface area contributed by atoms with Crippen LogP contribution in [0.25, 0.3) is 11.3 Å². The zero-order valence-corrected chi connectivity index (χ0v) is 24.5. The summed E-state index contributed by atoms with van der Waals surface area (Å²) in [6.45, 7) is 2.84. The number of rotatable bonds is 14. The van der Waals surface area contributed by atoms with Crippen molar-refractivity contribution in [2.75, 3.05) is 18.6 Å². The van der Waals surface area contributed by atoms with Crippen molar-refractivity contribution in [2.45, 2.75) is 82.6 Å². The van der Waals surface area contributed by atoms with Gasteiger partial charge in [0.25, 0.3) is 0 Å². The van der Waals surface area contributed by atoms with E-state index < -0.39 is 18.3 Å². The lowest BCUT2D eigenvalue weighted by Crippen LogP contribution is -2.45. The number of ether oxygens (including phenoxy) is 2. The molecular weight excluding hydrogens is 584 g/mol. The van der Waals surface area contributed by atoms with Crippen LogP contribution in [0.2, 0.25) is 0 Å². The quantitative estimate of drug-likeness (QED) is 0.0912. The molecule has 238 valence electrons. The van der Waals surface area contributed by atoms with Crippen LogP contribution >= 0.6 is 0 Å². The highest BCUT2D eigenvalue weighted by Crippen LogP contribution is 2.46. The van der Waals surface area contributed by atoms with Gasteiger partial charge in [-0.1, -0.05) is 36.7 Å². The highest BCUT2D eigenvalue weighted by molar-refractivity contribution is 5.70. The third kappa shape index (κ3) is 7.51. The number of piperidine rings is 1. The van der Waals surface area contributed by atoms with E-state index >= 15 is 4.39 Å². The van der Waals surface area contributed by atoms with Crippen LogP contribution in [-0.2, 0) is 21.0 Å². The molecule has 9 nitrogen and oxygen atoms in total. The second-order valence-electron chi connectivity index (χ2n) is 11.0. The number of nitrogens with zero attached hydrogens (tertiary/aromatic N) is 2.